The summed E-state index contributed by atoms with van der Waals surface area (Å²) >= 11 is 0. The molecule has 0 aliphatic carbocycles. The first-order valence-corrected chi connectivity index (χ1v) is 16.7. The second-order valence-electron chi connectivity index (χ2n) is 10.5. The van der Waals surface area contributed by atoms with E-state index in [0.29, 0.717) is 105 Å². The van der Waals surface area contributed by atoms with Crippen molar-refractivity contribution in [3.63, 3.8) is 0 Å². The lowest BCUT2D eigenvalue weighted by Crippen LogP contribution is -2.15. The van der Waals surface area contributed by atoms with Gasteiger partial charge in [-0.05, 0) is 31.4 Å². The minimum Gasteiger partial charge on any atom is -0.491 e. The fourth-order valence-electron chi connectivity index (χ4n) is 4.07. The highest BCUT2D eigenvalue weighted by molar-refractivity contribution is 5.86. The molecule has 0 atom stereocenters. The number of carbonyl (C=O) groups is 1. The summed E-state index contributed by atoms with van der Waals surface area (Å²) in [6.07, 6.45) is 10.3. The van der Waals surface area contributed by atoms with Crippen LogP contribution in [0.15, 0.2) is 36.4 Å². The Morgan fingerprint density at radius 1 is 0.556 bits per heavy atom. The maximum Gasteiger partial charge on any atom is 0.333 e. The Morgan fingerprint density at radius 2 is 0.956 bits per heavy atom. The van der Waals surface area contributed by atoms with Crippen LogP contribution in [0.3, 0.4) is 0 Å². The molecule has 10 heteroatoms. The number of unbranched alkanes of at least 4 members (excludes halogenated alkanes) is 6. The van der Waals surface area contributed by atoms with E-state index >= 15 is 0 Å². The normalized spacial score (nSPS) is 11.2. The number of hydrogen-bond donors (Lipinski definition) is 0. The zero-order chi connectivity index (χ0) is 32.5. The summed E-state index contributed by atoms with van der Waals surface area (Å²) in [5.74, 6) is 0.564. The van der Waals surface area contributed by atoms with Gasteiger partial charge in [0.1, 0.15) is 19.0 Å². The van der Waals surface area contributed by atoms with Gasteiger partial charge in [-0.2, -0.15) is 0 Å². The molecule has 0 aliphatic rings. The van der Waals surface area contributed by atoms with E-state index in [0.717, 1.165) is 12.2 Å². The third kappa shape index (κ3) is 26.8. The van der Waals surface area contributed by atoms with Gasteiger partial charge in [-0.3, -0.25) is 0 Å². The van der Waals surface area contributed by atoms with Gasteiger partial charge in [0.15, 0.2) is 0 Å². The minimum atomic E-state index is -0.408. The Balaban J connectivity index is 1.78. The Labute approximate surface area is 272 Å². The molecule has 1 rings (SSSR count). The highest BCUT2D eigenvalue weighted by atomic mass is 16.6. The van der Waals surface area contributed by atoms with E-state index in [1.54, 1.807) is 6.92 Å². The summed E-state index contributed by atoms with van der Waals surface area (Å²) in [5, 5.41) is 0. The van der Waals surface area contributed by atoms with Gasteiger partial charge in [-0.25, -0.2) is 4.79 Å². The number of rotatable bonds is 34. The van der Waals surface area contributed by atoms with Crippen molar-refractivity contribution in [2.75, 3.05) is 106 Å². The van der Waals surface area contributed by atoms with Gasteiger partial charge in [-0.1, -0.05) is 70.2 Å². The molecule has 0 saturated carbocycles. The number of aryl methyl sites for hydroxylation is 1. The van der Waals surface area contributed by atoms with Crippen LogP contribution in [-0.4, -0.2) is 112 Å². The Hall–Kier alpha value is -2.05. The van der Waals surface area contributed by atoms with E-state index in [9.17, 15) is 4.79 Å². The lowest BCUT2D eigenvalue weighted by molar-refractivity contribution is -0.140. The fraction of sp³-hybridized carbons (Fsp3) is 0.743. The number of hydrogen-bond acceptors (Lipinski definition) is 10. The molecule has 0 aliphatic heterocycles. The third-order valence-electron chi connectivity index (χ3n) is 6.55. The average molecular weight is 641 g/mol. The molecule has 1 aromatic rings. The molecule has 0 saturated heterocycles. The van der Waals surface area contributed by atoms with Crippen LogP contribution < -0.4 is 4.74 Å². The number of para-hydroxylation sites is 1. The molecule has 0 unspecified atom stereocenters. The van der Waals surface area contributed by atoms with Crippen molar-refractivity contribution in [3.8, 4) is 5.75 Å². The van der Waals surface area contributed by atoms with E-state index < -0.39 is 5.97 Å². The molecule has 0 N–H and O–H groups in total. The van der Waals surface area contributed by atoms with Gasteiger partial charge in [0, 0.05) is 5.57 Å². The lowest BCUT2D eigenvalue weighted by atomic mass is 10.0. The van der Waals surface area contributed by atoms with E-state index in [4.69, 9.17) is 42.6 Å². The maximum absolute atomic E-state index is 11.2. The first kappa shape index (κ1) is 41.0. The van der Waals surface area contributed by atoms with Crippen LogP contribution in [0, 0.1) is 0 Å². The van der Waals surface area contributed by atoms with Crippen molar-refractivity contribution < 1.29 is 47.4 Å². The zero-order valence-corrected chi connectivity index (χ0v) is 28.1. The summed E-state index contributed by atoms with van der Waals surface area (Å²) in [4.78, 5) is 11.2. The molecule has 0 heterocycles. The molecular weight excluding hydrogens is 580 g/mol. The van der Waals surface area contributed by atoms with Gasteiger partial charge >= 0.3 is 5.97 Å². The van der Waals surface area contributed by atoms with Gasteiger partial charge in [0.2, 0.25) is 0 Å². The van der Waals surface area contributed by atoms with Crippen LogP contribution in [-0.2, 0) is 49.1 Å². The van der Waals surface area contributed by atoms with E-state index in [1.165, 1.54) is 50.5 Å². The SMILES string of the molecule is C=C(C)C(=O)OCCOCCOCCOCCOCCOCCOCCOCCOc1ccccc1CCCCCCCCC. The Kier molecular flexibility index (Phi) is 29.1. The summed E-state index contributed by atoms with van der Waals surface area (Å²) in [5.41, 5.74) is 1.66. The molecule has 0 spiro atoms. The molecule has 0 bridgehead atoms. The molecule has 0 radical (unpaired) electrons. The van der Waals surface area contributed by atoms with Crippen molar-refractivity contribution in [3.05, 3.63) is 42.0 Å². The summed E-state index contributed by atoms with van der Waals surface area (Å²) in [6.45, 7) is 14.9. The molecule has 0 fully saturated rings. The molecule has 260 valence electrons. The van der Waals surface area contributed by atoms with Crippen molar-refractivity contribution in [2.45, 2.75) is 65.2 Å². The van der Waals surface area contributed by atoms with Gasteiger partial charge < -0.3 is 42.6 Å². The smallest absolute Gasteiger partial charge is 0.333 e. The van der Waals surface area contributed by atoms with Gasteiger partial charge in [0.05, 0.1) is 92.5 Å². The summed E-state index contributed by atoms with van der Waals surface area (Å²) in [7, 11) is 0. The monoisotopic (exact) mass is 640 g/mol. The topological polar surface area (TPSA) is 100 Å². The van der Waals surface area contributed by atoms with E-state index in [1.807, 2.05) is 12.1 Å². The van der Waals surface area contributed by atoms with Crippen molar-refractivity contribution in [1.29, 1.82) is 0 Å². The first-order chi connectivity index (χ1) is 22.1. The maximum atomic E-state index is 11.2. The lowest BCUT2D eigenvalue weighted by Gasteiger charge is -2.12. The van der Waals surface area contributed by atoms with Crippen LogP contribution in [0.25, 0.3) is 0 Å². The second kappa shape index (κ2) is 31.9. The number of esters is 1. The van der Waals surface area contributed by atoms with Crippen molar-refractivity contribution in [1.82, 2.24) is 0 Å². The molecule has 10 nitrogen and oxygen atoms in total. The highest BCUT2D eigenvalue weighted by Gasteiger charge is 2.04. The summed E-state index contributed by atoms with van der Waals surface area (Å²) in [6, 6.07) is 8.33. The van der Waals surface area contributed by atoms with Crippen LogP contribution in [0.1, 0.15) is 64.4 Å². The average Bonchev–Trinajstić information content (AvgIpc) is 3.04. The Bertz CT molecular complexity index is 819. The molecule has 0 aromatic heterocycles. The molecule has 0 amide bonds. The first-order valence-electron chi connectivity index (χ1n) is 16.7. The summed E-state index contributed by atoms with van der Waals surface area (Å²) < 4.78 is 49.3. The predicted octanol–water partition coefficient (Wildman–Crippen LogP) is 5.59. The largest absolute Gasteiger partial charge is 0.491 e. The third-order valence-corrected chi connectivity index (χ3v) is 6.55. The standard InChI is InChI=1S/C35H60O10/c1-4-5-6-7-8-9-10-13-33-14-11-12-15-34(33)44-30-28-42-26-24-40-22-20-38-18-16-37-17-19-39-21-23-41-25-27-43-29-31-45-35(36)32(2)3/h11-12,14-15H,2,4-10,13,16-31H2,1,3H3. The predicted molar refractivity (Wildman–Crippen MR) is 175 cm³/mol. The second-order valence-corrected chi connectivity index (χ2v) is 10.5. The quantitative estimate of drug-likeness (QED) is 0.0538. The van der Waals surface area contributed by atoms with Gasteiger partial charge in [0.25, 0.3) is 0 Å². The number of ether oxygens (including phenoxy) is 9. The molecular formula is C35H60O10. The van der Waals surface area contributed by atoms with Crippen molar-refractivity contribution in [2.24, 2.45) is 0 Å². The Morgan fingerprint density at radius 3 is 1.42 bits per heavy atom. The van der Waals surface area contributed by atoms with E-state index in [2.05, 4.69) is 25.6 Å². The van der Waals surface area contributed by atoms with Crippen LogP contribution in [0.4, 0.5) is 0 Å². The van der Waals surface area contributed by atoms with Crippen LogP contribution in [0.2, 0.25) is 0 Å². The van der Waals surface area contributed by atoms with Crippen molar-refractivity contribution >= 4 is 5.97 Å². The van der Waals surface area contributed by atoms with E-state index in [-0.39, 0.29) is 6.61 Å². The van der Waals surface area contributed by atoms with Gasteiger partial charge in [-0.15, -0.1) is 0 Å². The highest BCUT2D eigenvalue weighted by Crippen LogP contribution is 2.21. The molecule has 45 heavy (non-hydrogen) atoms. The molecule has 1 aromatic carbocycles. The number of benzene rings is 1. The zero-order valence-electron chi connectivity index (χ0n) is 28.1. The van der Waals surface area contributed by atoms with Crippen LogP contribution >= 0.6 is 0 Å². The number of carbonyl (C=O) groups excluding carboxylic acids is 1. The fourth-order valence-corrected chi connectivity index (χ4v) is 4.07. The van der Waals surface area contributed by atoms with Crippen LogP contribution in [0.5, 0.6) is 5.75 Å². The minimum absolute atomic E-state index is 0.204.